The summed E-state index contributed by atoms with van der Waals surface area (Å²) in [4.78, 5) is 16.1. The second-order valence-electron chi connectivity index (χ2n) is 7.41. The highest BCUT2D eigenvalue weighted by atomic mass is 15.1. The number of rotatable bonds is 8. The van der Waals surface area contributed by atoms with Crippen LogP contribution >= 0.6 is 0 Å². The molecule has 1 aliphatic heterocycles. The maximum atomic E-state index is 4.74. The summed E-state index contributed by atoms with van der Waals surface area (Å²) < 4.78 is 0. The number of aromatic nitrogens is 2. The topological polar surface area (TPSA) is 41.4 Å². The molecule has 0 bridgehead atoms. The highest BCUT2D eigenvalue weighted by Gasteiger charge is 2.15. The summed E-state index contributed by atoms with van der Waals surface area (Å²) in [5.41, 5.74) is 7.24. The third-order valence-electron chi connectivity index (χ3n) is 5.30. The molecule has 0 atom stereocenters. The second kappa shape index (κ2) is 9.39. The van der Waals surface area contributed by atoms with Gasteiger partial charge < -0.3 is 0 Å². The van der Waals surface area contributed by atoms with Crippen LogP contribution in [-0.4, -0.2) is 27.6 Å². The smallest absolute Gasteiger partial charge is 0.0622 e. The largest absolute Gasteiger partial charge is 0.291 e. The van der Waals surface area contributed by atoms with E-state index in [1.54, 1.807) is 0 Å². The Morgan fingerprint density at radius 2 is 1.62 bits per heavy atom. The minimum atomic E-state index is 0.787. The summed E-state index contributed by atoms with van der Waals surface area (Å²) in [5.74, 6) is 0. The third-order valence-corrected chi connectivity index (χ3v) is 5.30. The van der Waals surface area contributed by atoms with E-state index >= 15 is 0 Å². The zero-order valence-corrected chi connectivity index (χ0v) is 16.8. The number of aliphatic imine (C=N–C) groups is 1. The Morgan fingerprint density at radius 1 is 0.862 bits per heavy atom. The van der Waals surface area contributed by atoms with E-state index in [9.17, 15) is 0 Å². The lowest BCUT2D eigenvalue weighted by atomic mass is 10.0. The molecule has 0 radical (unpaired) electrons. The van der Waals surface area contributed by atoms with E-state index in [4.69, 9.17) is 4.98 Å². The van der Waals surface area contributed by atoms with Crippen LogP contribution < -0.4 is 0 Å². The van der Waals surface area contributed by atoms with Crippen molar-refractivity contribution in [2.24, 2.45) is 4.99 Å². The van der Waals surface area contributed by atoms with Gasteiger partial charge in [0.15, 0.2) is 0 Å². The van der Waals surface area contributed by atoms with E-state index < -0.39 is 0 Å². The Morgan fingerprint density at radius 3 is 2.38 bits per heavy atom. The average Bonchev–Trinajstić information content (AvgIpc) is 3.28. The fourth-order valence-corrected chi connectivity index (χ4v) is 3.62. The van der Waals surface area contributed by atoms with E-state index in [1.165, 1.54) is 22.3 Å². The van der Waals surface area contributed by atoms with Crippen molar-refractivity contribution >= 4 is 6.21 Å². The molecule has 0 saturated carbocycles. The van der Waals surface area contributed by atoms with Crippen molar-refractivity contribution in [3.05, 3.63) is 95.7 Å². The van der Waals surface area contributed by atoms with Crippen molar-refractivity contribution < 1.29 is 0 Å². The molecule has 3 aromatic rings. The van der Waals surface area contributed by atoms with Crippen LogP contribution in [0.1, 0.15) is 29.8 Å². The predicted molar refractivity (Wildman–Crippen MR) is 119 cm³/mol. The van der Waals surface area contributed by atoms with Gasteiger partial charge >= 0.3 is 0 Å². The van der Waals surface area contributed by atoms with Crippen LogP contribution in [0.2, 0.25) is 0 Å². The molecule has 0 aliphatic carbocycles. The Labute approximate surface area is 172 Å². The number of pyridine rings is 2. The van der Waals surface area contributed by atoms with Crippen LogP contribution in [0.25, 0.3) is 11.1 Å². The third kappa shape index (κ3) is 5.04. The normalized spacial score (nSPS) is 13.1. The lowest BCUT2D eigenvalue weighted by Crippen LogP contribution is -2.26. The monoisotopic (exact) mass is 382 g/mol. The summed E-state index contributed by atoms with van der Waals surface area (Å²) >= 11 is 0. The van der Waals surface area contributed by atoms with Gasteiger partial charge in [-0.25, -0.2) is 0 Å². The highest BCUT2D eigenvalue weighted by Crippen LogP contribution is 2.24. The van der Waals surface area contributed by atoms with Gasteiger partial charge in [0.05, 0.1) is 11.4 Å². The molecular formula is C25H26N4. The van der Waals surface area contributed by atoms with Gasteiger partial charge in [-0.15, -0.1) is 0 Å². The van der Waals surface area contributed by atoms with Gasteiger partial charge in [-0.05, 0) is 42.2 Å². The molecule has 1 aromatic carbocycles. The van der Waals surface area contributed by atoms with Crippen molar-refractivity contribution in [1.82, 2.24) is 14.9 Å². The molecule has 0 fully saturated rings. The lowest BCUT2D eigenvalue weighted by Gasteiger charge is -2.24. The van der Waals surface area contributed by atoms with Crippen molar-refractivity contribution in [1.29, 1.82) is 0 Å². The molecule has 3 heterocycles. The number of nitrogens with zero attached hydrogens (tertiary/aromatic N) is 4. The molecule has 1 aliphatic rings. The molecule has 4 heteroatoms. The summed E-state index contributed by atoms with van der Waals surface area (Å²) in [6, 6.07) is 18.8. The molecule has 146 valence electrons. The summed E-state index contributed by atoms with van der Waals surface area (Å²) in [6.45, 7) is 4.68. The van der Waals surface area contributed by atoms with Crippen LogP contribution in [0.15, 0.2) is 83.8 Å². The molecule has 0 N–H and O–H groups in total. The summed E-state index contributed by atoms with van der Waals surface area (Å²) in [5, 5.41) is 0. The van der Waals surface area contributed by atoms with Crippen LogP contribution in [0, 0.1) is 6.92 Å². The fourth-order valence-electron chi connectivity index (χ4n) is 3.62. The van der Waals surface area contributed by atoms with Gasteiger partial charge in [-0.2, -0.15) is 0 Å². The van der Waals surface area contributed by atoms with Gasteiger partial charge in [-0.3, -0.25) is 19.9 Å². The van der Waals surface area contributed by atoms with Crippen molar-refractivity contribution in [3.8, 4) is 11.1 Å². The number of benzene rings is 1. The quantitative estimate of drug-likeness (QED) is 0.537. The van der Waals surface area contributed by atoms with Gasteiger partial charge in [0.1, 0.15) is 0 Å². The molecule has 0 amide bonds. The van der Waals surface area contributed by atoms with E-state index in [2.05, 4.69) is 58.2 Å². The Hall–Kier alpha value is -3.11. The number of hydrogen-bond acceptors (Lipinski definition) is 4. The van der Waals surface area contributed by atoms with Gasteiger partial charge in [0.25, 0.3) is 0 Å². The maximum Gasteiger partial charge on any atom is 0.0622 e. The molecule has 29 heavy (non-hydrogen) atoms. The lowest BCUT2D eigenvalue weighted by molar-refractivity contribution is 0.253. The zero-order valence-electron chi connectivity index (χ0n) is 16.8. The first kappa shape index (κ1) is 19.2. The second-order valence-corrected chi connectivity index (χ2v) is 7.41. The SMILES string of the molecule is Cc1cccnc1CN(CCC1=CN=CC1)Cc1ncccc1-c1ccccc1. The molecule has 0 spiro atoms. The van der Waals surface area contributed by atoms with Crippen molar-refractivity contribution in [2.75, 3.05) is 6.54 Å². The first-order valence-corrected chi connectivity index (χ1v) is 10.1. The summed E-state index contributed by atoms with van der Waals surface area (Å²) in [7, 11) is 0. The Balaban J connectivity index is 1.57. The van der Waals surface area contributed by atoms with Gasteiger partial charge in [-0.1, -0.05) is 42.5 Å². The Bertz CT molecular complexity index is 1010. The number of hydrogen-bond donors (Lipinski definition) is 0. The molecule has 0 unspecified atom stereocenters. The average molecular weight is 383 g/mol. The fraction of sp³-hybridized carbons (Fsp3) is 0.240. The Kier molecular flexibility index (Phi) is 6.22. The molecule has 4 nitrogen and oxygen atoms in total. The van der Waals surface area contributed by atoms with Crippen LogP contribution in [0.3, 0.4) is 0 Å². The van der Waals surface area contributed by atoms with Gasteiger partial charge in [0, 0.05) is 56.4 Å². The standard InChI is InChI=1S/C25H26N4/c1-20-7-5-13-27-24(20)18-29(16-12-21-11-15-26-17-21)19-25-23(10-6-14-28-25)22-8-3-2-4-9-22/h2-10,13-15,17H,11-12,16,18-19H2,1H3. The van der Waals surface area contributed by atoms with Gasteiger partial charge in [0.2, 0.25) is 0 Å². The highest BCUT2D eigenvalue weighted by molar-refractivity contribution is 5.66. The van der Waals surface area contributed by atoms with E-state index in [0.717, 1.165) is 43.9 Å². The molecule has 2 aromatic heterocycles. The maximum absolute atomic E-state index is 4.74. The first-order valence-electron chi connectivity index (χ1n) is 10.1. The minimum Gasteiger partial charge on any atom is -0.291 e. The van der Waals surface area contributed by atoms with Crippen LogP contribution in [0.4, 0.5) is 0 Å². The molecular weight excluding hydrogens is 356 g/mol. The first-order chi connectivity index (χ1) is 14.3. The van der Waals surface area contributed by atoms with Crippen LogP contribution in [0.5, 0.6) is 0 Å². The van der Waals surface area contributed by atoms with Crippen LogP contribution in [-0.2, 0) is 13.1 Å². The minimum absolute atomic E-state index is 0.787. The van der Waals surface area contributed by atoms with Crippen molar-refractivity contribution in [2.45, 2.75) is 32.9 Å². The van der Waals surface area contributed by atoms with E-state index in [0.29, 0.717) is 0 Å². The van der Waals surface area contributed by atoms with Crippen molar-refractivity contribution in [3.63, 3.8) is 0 Å². The molecule has 0 saturated heterocycles. The van der Waals surface area contributed by atoms with E-state index in [-0.39, 0.29) is 0 Å². The summed E-state index contributed by atoms with van der Waals surface area (Å²) in [6.07, 6.45) is 9.73. The van der Waals surface area contributed by atoms with E-state index in [1.807, 2.05) is 43.0 Å². The predicted octanol–water partition coefficient (Wildman–Crippen LogP) is 5.20. The number of aryl methyl sites for hydroxylation is 1. The molecule has 4 rings (SSSR count). The zero-order chi connectivity index (χ0) is 19.9.